The van der Waals surface area contributed by atoms with Gasteiger partial charge in [-0.1, -0.05) is 38.1 Å². The van der Waals surface area contributed by atoms with Gasteiger partial charge >= 0.3 is 6.18 Å². The third kappa shape index (κ3) is 43.1. The Morgan fingerprint density at radius 3 is 1.36 bits per heavy atom. The molecule has 1 aromatic rings. The van der Waals surface area contributed by atoms with Crippen LogP contribution in [-0.4, -0.2) is 35.8 Å². The monoisotopic (exact) mass is 662 g/mol. The molecule has 0 saturated heterocycles. The summed E-state index contributed by atoms with van der Waals surface area (Å²) in [6, 6.07) is 0. The Balaban J connectivity index is -0.000000139. The Hall–Kier alpha value is -3.05. The van der Waals surface area contributed by atoms with Gasteiger partial charge in [0.2, 0.25) is 5.92 Å². The molecular formula is C33H54F8N2O2. The lowest BCUT2D eigenvalue weighted by molar-refractivity contribution is -0.116. The molecule has 12 heteroatoms. The van der Waals surface area contributed by atoms with E-state index >= 15 is 0 Å². The highest BCUT2D eigenvalue weighted by Gasteiger charge is 2.28. The highest BCUT2D eigenvalue weighted by molar-refractivity contribution is 5.81. The molecule has 0 amide bonds. The Morgan fingerprint density at radius 2 is 1.31 bits per heavy atom. The zero-order valence-corrected chi connectivity index (χ0v) is 29.4. The van der Waals surface area contributed by atoms with E-state index < -0.39 is 23.8 Å². The first kappa shape index (κ1) is 51.5. The van der Waals surface area contributed by atoms with Gasteiger partial charge in [0.15, 0.2) is 0 Å². The van der Waals surface area contributed by atoms with E-state index in [2.05, 4.69) is 24.0 Å². The molecule has 45 heavy (non-hydrogen) atoms. The van der Waals surface area contributed by atoms with Crippen LogP contribution in [0.3, 0.4) is 0 Å². The summed E-state index contributed by atoms with van der Waals surface area (Å²) in [7, 11) is 0. The predicted molar refractivity (Wildman–Crippen MR) is 171 cm³/mol. The maximum absolute atomic E-state index is 11.5. The van der Waals surface area contributed by atoms with Crippen LogP contribution in [0.15, 0.2) is 62.1 Å². The minimum Gasteiger partial charge on any atom is -0.361 e. The minimum absolute atomic E-state index is 0.0625. The van der Waals surface area contributed by atoms with Crippen molar-refractivity contribution < 1.29 is 44.4 Å². The third-order valence-corrected chi connectivity index (χ3v) is 5.53. The standard InChI is InChI=1S/C6H9N.C5H7F3.C5H8F2.C5H7NO.C4H8F2.C4H7F.C4H8O/c1-5-3-7-4-6(5)2;1-3-4(2)5(6,7)8;1-3-4(2)5(6)7;1-4-3-6-7-5(4)2;1-3-4(2,5)6;2*1-3-4(2)5/h3H,4H2,1-2H3;3H,1-2H3;3H2,1-2H3;3H,1-2H3;3H2,1-2H3;3H,1-2H3;3H2,1-2H3/b;4-3+;;;;4-3+;. The van der Waals surface area contributed by atoms with E-state index in [0.717, 1.165) is 37.8 Å². The number of nitrogens with zero attached hydrogens (tertiary/aromatic N) is 2. The molecule has 0 spiro atoms. The second-order valence-electron chi connectivity index (χ2n) is 9.72. The second-order valence-corrected chi connectivity index (χ2v) is 9.72. The van der Waals surface area contributed by atoms with Crippen molar-refractivity contribution in [3.63, 3.8) is 0 Å². The van der Waals surface area contributed by atoms with E-state index in [1.165, 1.54) is 44.9 Å². The summed E-state index contributed by atoms with van der Waals surface area (Å²) in [5, 5.41) is 3.55. The van der Waals surface area contributed by atoms with Crippen LogP contribution >= 0.6 is 0 Å². The van der Waals surface area contributed by atoms with Gasteiger partial charge in [-0.15, -0.1) is 0 Å². The van der Waals surface area contributed by atoms with Gasteiger partial charge in [-0.25, -0.2) is 13.2 Å². The number of ketones is 1. The lowest BCUT2D eigenvalue weighted by atomic mass is 10.2. The first-order chi connectivity index (χ1) is 20.4. The molecule has 0 fully saturated rings. The summed E-state index contributed by atoms with van der Waals surface area (Å²) < 4.78 is 95.7. The summed E-state index contributed by atoms with van der Waals surface area (Å²) in [5.41, 5.74) is 3.48. The molecule has 4 nitrogen and oxygen atoms in total. The second kappa shape index (κ2) is 29.6. The van der Waals surface area contributed by atoms with Crippen molar-refractivity contribution >= 4 is 12.0 Å². The maximum atomic E-state index is 11.5. The number of carbonyl (C=O) groups is 1. The van der Waals surface area contributed by atoms with E-state index in [1.54, 1.807) is 27.0 Å². The topological polar surface area (TPSA) is 55.5 Å². The maximum Gasteiger partial charge on any atom is 0.412 e. The molecule has 1 aliphatic rings. The molecule has 0 bridgehead atoms. The largest absolute Gasteiger partial charge is 0.412 e. The number of rotatable bonds is 3. The molecule has 2 rings (SSSR count). The van der Waals surface area contributed by atoms with Gasteiger partial charge in [-0.05, 0) is 99.3 Å². The summed E-state index contributed by atoms with van der Waals surface area (Å²) >= 11 is 0. The van der Waals surface area contributed by atoms with Gasteiger partial charge in [-0.3, -0.25) is 4.99 Å². The quantitative estimate of drug-likeness (QED) is 0.239. The van der Waals surface area contributed by atoms with Crippen LogP contribution < -0.4 is 0 Å². The van der Waals surface area contributed by atoms with Gasteiger partial charge in [0.1, 0.15) is 11.5 Å². The van der Waals surface area contributed by atoms with Crippen molar-refractivity contribution in [2.24, 2.45) is 4.99 Å². The Kier molecular flexibility index (Phi) is 33.9. The van der Waals surface area contributed by atoms with Gasteiger partial charge < -0.3 is 9.32 Å². The number of aromatic nitrogens is 1. The summed E-state index contributed by atoms with van der Waals surface area (Å²) in [6.45, 7) is 23.4. The first-order valence-electron chi connectivity index (χ1n) is 14.3. The van der Waals surface area contributed by atoms with Crippen molar-refractivity contribution in [1.82, 2.24) is 5.16 Å². The first-order valence-corrected chi connectivity index (χ1v) is 14.3. The number of halogens is 8. The molecule has 0 unspecified atom stereocenters. The fraction of sp³-hybridized carbons (Fsp3) is 0.606. The number of Topliss-reactive ketones (excluding diaryl/α,β-unsaturated/α-hetero) is 1. The van der Waals surface area contributed by atoms with Crippen molar-refractivity contribution in [1.29, 1.82) is 0 Å². The average Bonchev–Trinajstić information content (AvgIpc) is 3.53. The predicted octanol–water partition coefficient (Wildman–Crippen LogP) is 12.7. The van der Waals surface area contributed by atoms with Crippen LogP contribution in [0.4, 0.5) is 35.1 Å². The molecule has 1 aliphatic heterocycles. The average molecular weight is 663 g/mol. The van der Waals surface area contributed by atoms with Crippen LogP contribution in [0.2, 0.25) is 0 Å². The molecule has 2 heterocycles. The molecule has 0 N–H and O–H groups in total. The zero-order chi connectivity index (χ0) is 37.0. The van der Waals surface area contributed by atoms with Crippen molar-refractivity contribution in [3.05, 3.63) is 63.9 Å². The Morgan fingerprint density at radius 1 is 0.889 bits per heavy atom. The van der Waals surface area contributed by atoms with Crippen LogP contribution in [0, 0.1) is 13.8 Å². The Labute approximate surface area is 265 Å². The van der Waals surface area contributed by atoms with Crippen molar-refractivity contribution in [2.75, 3.05) is 6.54 Å². The van der Waals surface area contributed by atoms with Crippen molar-refractivity contribution in [2.45, 2.75) is 128 Å². The zero-order valence-electron chi connectivity index (χ0n) is 29.4. The fourth-order valence-electron chi connectivity index (χ4n) is 1.20. The highest BCUT2D eigenvalue weighted by atomic mass is 19.4. The number of carbonyl (C=O) groups excluding carboxylic acids is 1. The lowest BCUT2D eigenvalue weighted by Gasteiger charge is -2.03. The van der Waals surface area contributed by atoms with Crippen LogP contribution in [0.25, 0.3) is 0 Å². The number of allylic oxidation sites excluding steroid dienone is 6. The molecule has 0 aromatic carbocycles. The summed E-state index contributed by atoms with van der Waals surface area (Å²) in [6.07, 6.45) is 1.47. The molecule has 264 valence electrons. The number of hydrogen-bond donors (Lipinski definition) is 0. The van der Waals surface area contributed by atoms with Crippen LogP contribution in [-0.2, 0) is 4.79 Å². The van der Waals surface area contributed by atoms with Crippen LogP contribution in [0.5, 0.6) is 0 Å². The normalized spacial score (nSPS) is 12.1. The molecule has 0 aliphatic carbocycles. The summed E-state index contributed by atoms with van der Waals surface area (Å²) in [5.74, 6) is -1.42. The lowest BCUT2D eigenvalue weighted by Crippen LogP contribution is -2.07. The van der Waals surface area contributed by atoms with E-state index in [4.69, 9.17) is 4.52 Å². The molecule has 1 aromatic heterocycles. The number of aryl methyl sites for hydroxylation is 2. The third-order valence-electron chi connectivity index (χ3n) is 5.53. The van der Waals surface area contributed by atoms with E-state index in [9.17, 15) is 39.9 Å². The molecule has 0 saturated carbocycles. The van der Waals surface area contributed by atoms with Crippen LogP contribution in [0.1, 0.15) is 114 Å². The number of alkyl halides is 5. The SMILES string of the molecule is C/C=C(\C)C(F)(F)F.C/C=C(\C)F.CC1=C(C)CN=C1.CCC(C)(F)F.CCC(C)=C(F)F.CCC(C)=O.Cc1cnoc1C. The molecule has 0 atom stereocenters. The minimum atomic E-state index is -4.13. The number of aliphatic imine (C=N–C) groups is 1. The van der Waals surface area contributed by atoms with E-state index in [1.807, 2.05) is 27.0 Å². The summed E-state index contributed by atoms with van der Waals surface area (Å²) in [4.78, 5) is 13.9. The van der Waals surface area contributed by atoms with E-state index in [0.29, 0.717) is 12.8 Å². The fourth-order valence-corrected chi connectivity index (χ4v) is 1.20. The highest BCUT2D eigenvalue weighted by Crippen LogP contribution is 2.24. The van der Waals surface area contributed by atoms with Gasteiger partial charge in [-0.2, -0.15) is 22.0 Å². The smallest absolute Gasteiger partial charge is 0.361 e. The molecule has 0 radical (unpaired) electrons. The van der Waals surface area contributed by atoms with Gasteiger partial charge in [0.25, 0.3) is 6.08 Å². The van der Waals surface area contributed by atoms with Gasteiger partial charge in [0, 0.05) is 30.2 Å². The van der Waals surface area contributed by atoms with Gasteiger partial charge in [0.05, 0.1) is 18.6 Å². The Bertz CT molecular complexity index is 1030. The molecular weight excluding hydrogens is 608 g/mol. The number of hydrogen-bond acceptors (Lipinski definition) is 4. The van der Waals surface area contributed by atoms with Crippen molar-refractivity contribution in [3.8, 4) is 0 Å². The van der Waals surface area contributed by atoms with E-state index in [-0.39, 0.29) is 23.6 Å².